The van der Waals surface area contributed by atoms with Gasteiger partial charge in [0.1, 0.15) is 5.75 Å². The van der Waals surface area contributed by atoms with Gasteiger partial charge in [-0.15, -0.1) is 0 Å². The lowest BCUT2D eigenvalue weighted by Crippen LogP contribution is -2.61. The van der Waals surface area contributed by atoms with Crippen molar-refractivity contribution in [3.05, 3.63) is 105 Å². The molecule has 3 aromatic rings. The largest absolute Gasteiger partial charge is 0.444 e. The van der Waals surface area contributed by atoms with E-state index >= 15 is 0 Å². The third-order valence-corrected chi connectivity index (χ3v) is 7.28. The molecule has 1 N–H and O–H groups in total. The van der Waals surface area contributed by atoms with Gasteiger partial charge in [-0.1, -0.05) is 76.6 Å². The Labute approximate surface area is 198 Å². The number of halogens is 1. The molecule has 32 heavy (non-hydrogen) atoms. The average Bonchev–Trinajstić information content (AvgIpc) is 3.39. The highest BCUT2D eigenvalue weighted by Crippen LogP contribution is 2.52. The molecule has 6 rings (SSSR count). The molecule has 0 radical (unpaired) electrons. The number of para-hydroxylation sites is 1. The summed E-state index contributed by atoms with van der Waals surface area (Å²) in [5.41, 5.74) is 4.10. The van der Waals surface area contributed by atoms with Crippen LogP contribution in [0.1, 0.15) is 29.2 Å². The number of fused-ring (bicyclic) bond motifs is 4. The number of amides is 1. The minimum absolute atomic E-state index is 0.0394. The zero-order valence-electron chi connectivity index (χ0n) is 16.9. The molecular formula is C25H18BrN3O2S. The Kier molecular flexibility index (Phi) is 4.62. The van der Waals surface area contributed by atoms with Gasteiger partial charge in [-0.2, -0.15) is 5.10 Å². The number of nitrogens with zero attached hydrogens (tertiary/aromatic N) is 2. The minimum Gasteiger partial charge on any atom is -0.444 e. The van der Waals surface area contributed by atoms with Crippen LogP contribution in [0, 0.1) is 0 Å². The standard InChI is InChI=1S/C25H18BrN3O2S/c26-18-12-10-16(11-13-18)14-23-25(27-24(30)32-23)29-21(19-8-4-5-9-22(19)31-25)15-20(28-29)17-6-2-1-3-7-17/h1-14,21H,15H2,(H,27,30)/b23-14-/t21-,25+/m1/s1. The summed E-state index contributed by atoms with van der Waals surface area (Å²) in [7, 11) is 0. The third kappa shape index (κ3) is 3.15. The van der Waals surface area contributed by atoms with Gasteiger partial charge in [0.05, 0.1) is 16.7 Å². The van der Waals surface area contributed by atoms with Crippen LogP contribution in [-0.4, -0.2) is 21.8 Å². The molecule has 1 saturated heterocycles. The zero-order valence-corrected chi connectivity index (χ0v) is 19.3. The Morgan fingerprint density at radius 3 is 2.62 bits per heavy atom. The van der Waals surface area contributed by atoms with E-state index in [0.29, 0.717) is 0 Å². The first-order valence-electron chi connectivity index (χ1n) is 10.3. The second-order valence-corrected chi connectivity index (χ2v) is 9.77. The Balaban J connectivity index is 1.51. The Bertz CT molecular complexity index is 1280. The highest BCUT2D eigenvalue weighted by Gasteiger charge is 2.58. The average molecular weight is 504 g/mol. The van der Waals surface area contributed by atoms with Crippen molar-refractivity contribution in [3.63, 3.8) is 0 Å². The topological polar surface area (TPSA) is 53.9 Å². The van der Waals surface area contributed by atoms with Crippen molar-refractivity contribution in [2.45, 2.75) is 18.3 Å². The number of rotatable bonds is 2. The summed E-state index contributed by atoms with van der Waals surface area (Å²) >= 11 is 4.63. The second-order valence-electron chi connectivity index (χ2n) is 7.84. The van der Waals surface area contributed by atoms with E-state index in [1.165, 1.54) is 0 Å². The Morgan fingerprint density at radius 1 is 1.06 bits per heavy atom. The van der Waals surface area contributed by atoms with Crippen LogP contribution < -0.4 is 10.1 Å². The molecule has 5 nitrogen and oxygen atoms in total. The molecule has 0 aromatic heterocycles. The van der Waals surface area contributed by atoms with Crippen molar-refractivity contribution in [1.82, 2.24) is 10.3 Å². The van der Waals surface area contributed by atoms with E-state index in [0.717, 1.165) is 55.7 Å². The molecule has 3 aromatic carbocycles. The summed E-state index contributed by atoms with van der Waals surface area (Å²) in [6.45, 7) is 0. The molecule has 158 valence electrons. The van der Waals surface area contributed by atoms with Crippen LogP contribution in [0.3, 0.4) is 0 Å². The predicted octanol–water partition coefficient (Wildman–Crippen LogP) is 6.14. The number of hydrogen-bond donors (Lipinski definition) is 1. The van der Waals surface area contributed by atoms with Crippen molar-refractivity contribution < 1.29 is 9.53 Å². The molecule has 1 fully saturated rings. The number of carbonyl (C=O) groups is 1. The van der Waals surface area contributed by atoms with Crippen molar-refractivity contribution in [1.29, 1.82) is 0 Å². The number of hydrazone groups is 1. The summed E-state index contributed by atoms with van der Waals surface area (Å²) < 4.78 is 7.55. The van der Waals surface area contributed by atoms with E-state index in [2.05, 4.69) is 39.4 Å². The number of hydrogen-bond acceptors (Lipinski definition) is 5. The summed E-state index contributed by atoms with van der Waals surface area (Å²) in [6, 6.07) is 26.1. The molecule has 7 heteroatoms. The monoisotopic (exact) mass is 503 g/mol. The molecule has 1 spiro atoms. The first-order valence-corrected chi connectivity index (χ1v) is 11.9. The summed E-state index contributed by atoms with van der Waals surface area (Å²) in [6.07, 6.45) is 2.73. The van der Waals surface area contributed by atoms with Gasteiger partial charge in [-0.25, -0.2) is 5.01 Å². The van der Waals surface area contributed by atoms with Gasteiger partial charge in [-0.05, 0) is 47.2 Å². The van der Waals surface area contributed by atoms with Gasteiger partial charge in [0.25, 0.3) is 5.24 Å². The lowest BCUT2D eigenvalue weighted by Gasteiger charge is -2.45. The van der Waals surface area contributed by atoms with Crippen molar-refractivity contribution in [2.75, 3.05) is 0 Å². The van der Waals surface area contributed by atoms with Gasteiger partial charge >= 0.3 is 5.85 Å². The van der Waals surface area contributed by atoms with Gasteiger partial charge in [0.15, 0.2) is 0 Å². The van der Waals surface area contributed by atoms with Crippen LogP contribution in [-0.2, 0) is 0 Å². The fraction of sp³-hybridized carbons (Fsp3) is 0.120. The second kappa shape index (κ2) is 7.53. The third-order valence-electron chi connectivity index (χ3n) is 5.85. The van der Waals surface area contributed by atoms with E-state index in [-0.39, 0.29) is 11.3 Å². The van der Waals surface area contributed by atoms with E-state index < -0.39 is 5.85 Å². The highest BCUT2D eigenvalue weighted by atomic mass is 79.9. The quantitative estimate of drug-likeness (QED) is 0.455. The maximum Gasteiger partial charge on any atom is 0.314 e. The number of carbonyl (C=O) groups excluding carboxylic acids is 1. The number of ether oxygens (including phenoxy) is 1. The van der Waals surface area contributed by atoms with Crippen LogP contribution >= 0.6 is 27.7 Å². The SMILES string of the molecule is O=C1N[C@@]2(Oc3ccccc3[C@H]3CC(c4ccccc4)=NN32)/C(=C/c2ccc(Br)cc2)S1. The van der Waals surface area contributed by atoms with E-state index in [4.69, 9.17) is 9.84 Å². The van der Waals surface area contributed by atoms with Gasteiger partial charge < -0.3 is 4.74 Å². The smallest absolute Gasteiger partial charge is 0.314 e. The molecular weight excluding hydrogens is 486 g/mol. The Morgan fingerprint density at radius 2 is 1.81 bits per heavy atom. The van der Waals surface area contributed by atoms with E-state index in [9.17, 15) is 4.79 Å². The molecule has 0 bridgehead atoms. The van der Waals surface area contributed by atoms with Crippen LogP contribution in [0.15, 0.2) is 93.3 Å². The number of thioether (sulfide) groups is 1. The molecule has 0 aliphatic carbocycles. The number of benzene rings is 3. The number of nitrogens with one attached hydrogen (secondary N) is 1. The van der Waals surface area contributed by atoms with Gasteiger partial charge in [0.2, 0.25) is 0 Å². The van der Waals surface area contributed by atoms with Gasteiger partial charge in [0, 0.05) is 16.5 Å². The van der Waals surface area contributed by atoms with Crippen molar-refractivity contribution in [2.24, 2.45) is 5.10 Å². The van der Waals surface area contributed by atoms with E-state index in [1.54, 1.807) is 0 Å². The molecule has 3 aliphatic heterocycles. The molecule has 0 unspecified atom stereocenters. The molecule has 2 atom stereocenters. The zero-order chi connectivity index (χ0) is 21.7. The van der Waals surface area contributed by atoms with Gasteiger partial charge in [-0.3, -0.25) is 10.1 Å². The molecule has 0 saturated carbocycles. The Hall–Kier alpha value is -3.03. The van der Waals surface area contributed by atoms with Crippen molar-refractivity contribution in [3.8, 4) is 5.75 Å². The molecule has 3 heterocycles. The van der Waals surface area contributed by atoms with Crippen LogP contribution in [0.4, 0.5) is 4.79 Å². The maximum atomic E-state index is 12.7. The lowest BCUT2D eigenvalue weighted by molar-refractivity contribution is -0.0949. The van der Waals surface area contributed by atoms with Crippen LogP contribution in [0.2, 0.25) is 0 Å². The van der Waals surface area contributed by atoms with Crippen LogP contribution in [0.5, 0.6) is 5.75 Å². The molecule has 1 amide bonds. The lowest BCUT2D eigenvalue weighted by atomic mass is 9.95. The summed E-state index contributed by atoms with van der Waals surface area (Å²) in [5.74, 6) is -0.410. The minimum atomic E-state index is -1.18. The van der Waals surface area contributed by atoms with E-state index in [1.807, 2.05) is 71.7 Å². The fourth-order valence-electron chi connectivity index (χ4n) is 4.38. The fourth-order valence-corrected chi connectivity index (χ4v) is 5.55. The summed E-state index contributed by atoms with van der Waals surface area (Å²) in [5, 5.41) is 9.86. The highest BCUT2D eigenvalue weighted by molar-refractivity contribution is 9.10. The first-order chi connectivity index (χ1) is 15.6. The molecule has 3 aliphatic rings. The maximum absolute atomic E-state index is 12.7. The first kappa shape index (κ1) is 19.6. The van der Waals surface area contributed by atoms with Crippen LogP contribution in [0.25, 0.3) is 6.08 Å². The summed E-state index contributed by atoms with van der Waals surface area (Å²) in [4.78, 5) is 13.4. The predicted molar refractivity (Wildman–Crippen MR) is 130 cm³/mol. The normalized spacial score (nSPS) is 24.7. The van der Waals surface area contributed by atoms with Crippen molar-refractivity contribution >= 4 is 44.7 Å².